The molecule has 0 bridgehead atoms. The van der Waals surface area contributed by atoms with Gasteiger partial charge in [-0.2, -0.15) is 0 Å². The molecule has 0 atom stereocenters. The minimum atomic E-state index is 0.0139. The lowest BCUT2D eigenvalue weighted by molar-refractivity contribution is 0.0918. The number of hydrogen-bond donors (Lipinski definition) is 0. The van der Waals surface area contributed by atoms with Gasteiger partial charge in [0.1, 0.15) is 0 Å². The highest BCUT2D eigenvalue weighted by molar-refractivity contribution is 5.98. The van der Waals surface area contributed by atoms with E-state index in [4.69, 9.17) is 9.47 Å². The van der Waals surface area contributed by atoms with E-state index in [9.17, 15) is 4.79 Å². The second-order valence-corrected chi connectivity index (χ2v) is 6.96. The summed E-state index contributed by atoms with van der Waals surface area (Å²) in [5.74, 6) is 1.27. The lowest BCUT2D eigenvalue weighted by Gasteiger charge is -2.17. The highest BCUT2D eigenvalue weighted by Crippen LogP contribution is 2.33. The third-order valence-corrected chi connectivity index (χ3v) is 5.15. The van der Waals surface area contributed by atoms with Crippen LogP contribution in [0.4, 0.5) is 0 Å². The maximum atomic E-state index is 12.7. The number of benzene rings is 1. The molecule has 1 aliphatic carbocycles. The van der Waals surface area contributed by atoms with Crippen LogP contribution in [0.5, 0.6) is 11.5 Å². The second-order valence-electron chi connectivity index (χ2n) is 6.96. The van der Waals surface area contributed by atoms with Crippen molar-refractivity contribution >= 4 is 5.78 Å². The fourth-order valence-electron chi connectivity index (χ4n) is 3.90. The van der Waals surface area contributed by atoms with Gasteiger partial charge in [-0.15, -0.1) is 0 Å². The lowest BCUT2D eigenvalue weighted by Crippen LogP contribution is -2.14. The summed E-state index contributed by atoms with van der Waals surface area (Å²) in [6, 6.07) is 8.26. The largest absolute Gasteiger partial charge is 0.493 e. The van der Waals surface area contributed by atoms with E-state index in [2.05, 4.69) is 11.5 Å². The van der Waals surface area contributed by atoms with Gasteiger partial charge in [0.15, 0.2) is 18.1 Å². The Labute approximate surface area is 149 Å². The van der Waals surface area contributed by atoms with E-state index in [0.29, 0.717) is 17.5 Å². The zero-order valence-electron chi connectivity index (χ0n) is 15.6. The van der Waals surface area contributed by atoms with E-state index in [1.54, 1.807) is 7.11 Å². The highest BCUT2D eigenvalue weighted by atomic mass is 16.5. The first kappa shape index (κ1) is 17.6. The van der Waals surface area contributed by atoms with Crippen LogP contribution in [-0.2, 0) is 0 Å². The van der Waals surface area contributed by atoms with E-state index < -0.39 is 0 Å². The predicted molar refractivity (Wildman–Crippen MR) is 99.0 cm³/mol. The van der Waals surface area contributed by atoms with Crippen LogP contribution < -0.4 is 9.47 Å². The molecule has 134 valence electrons. The van der Waals surface area contributed by atoms with Crippen LogP contribution in [0.25, 0.3) is 0 Å². The van der Waals surface area contributed by atoms with Crippen molar-refractivity contribution < 1.29 is 14.3 Å². The van der Waals surface area contributed by atoms with Crippen LogP contribution in [0, 0.1) is 20.8 Å². The number of hydrogen-bond acceptors (Lipinski definition) is 3. The van der Waals surface area contributed by atoms with E-state index in [-0.39, 0.29) is 12.4 Å². The summed E-state index contributed by atoms with van der Waals surface area (Å²) >= 11 is 0. The molecule has 2 aromatic rings. The number of ether oxygens (including phenoxy) is 2. The van der Waals surface area contributed by atoms with Crippen LogP contribution in [-0.4, -0.2) is 24.1 Å². The van der Waals surface area contributed by atoms with E-state index >= 15 is 0 Å². The molecule has 1 aromatic heterocycles. The monoisotopic (exact) mass is 341 g/mol. The summed E-state index contributed by atoms with van der Waals surface area (Å²) in [5, 5.41) is 0. The van der Waals surface area contributed by atoms with Crippen molar-refractivity contribution in [1.82, 2.24) is 4.57 Å². The average Bonchev–Trinajstić information content (AvgIpc) is 3.21. The van der Waals surface area contributed by atoms with Gasteiger partial charge in [-0.25, -0.2) is 0 Å². The van der Waals surface area contributed by atoms with Crippen molar-refractivity contribution in [3.05, 3.63) is 46.8 Å². The molecule has 1 fully saturated rings. The molecule has 0 radical (unpaired) electrons. The van der Waals surface area contributed by atoms with Crippen molar-refractivity contribution in [3.63, 3.8) is 0 Å². The maximum absolute atomic E-state index is 12.7. The van der Waals surface area contributed by atoms with Gasteiger partial charge in [0.05, 0.1) is 7.11 Å². The van der Waals surface area contributed by atoms with Crippen LogP contribution >= 0.6 is 0 Å². The van der Waals surface area contributed by atoms with Gasteiger partial charge in [0.2, 0.25) is 5.78 Å². The average molecular weight is 341 g/mol. The minimum absolute atomic E-state index is 0.0139. The third-order valence-electron chi connectivity index (χ3n) is 5.15. The first-order valence-electron chi connectivity index (χ1n) is 9.00. The summed E-state index contributed by atoms with van der Waals surface area (Å²) in [6.45, 7) is 6.15. The Morgan fingerprint density at radius 1 is 1.12 bits per heavy atom. The van der Waals surface area contributed by atoms with Gasteiger partial charge in [0.25, 0.3) is 0 Å². The molecule has 0 N–H and O–H groups in total. The molecule has 0 unspecified atom stereocenters. The molecule has 1 aromatic carbocycles. The first-order valence-corrected chi connectivity index (χ1v) is 9.00. The maximum Gasteiger partial charge on any atom is 0.202 e. The fourth-order valence-corrected chi connectivity index (χ4v) is 3.90. The van der Waals surface area contributed by atoms with Gasteiger partial charge < -0.3 is 14.0 Å². The number of Topliss-reactive ketones (excluding diaryl/α,β-unsaturated/α-hetero) is 1. The summed E-state index contributed by atoms with van der Waals surface area (Å²) in [7, 11) is 1.61. The number of rotatable bonds is 6. The van der Waals surface area contributed by atoms with Crippen molar-refractivity contribution in [2.75, 3.05) is 13.7 Å². The topological polar surface area (TPSA) is 40.5 Å². The SMILES string of the molecule is COc1cc(C)ccc1OCC(=O)c1cc(C)n(C2CCCC2)c1C. The number of carbonyl (C=O) groups is 1. The molecule has 0 spiro atoms. The Hall–Kier alpha value is -2.23. The lowest BCUT2D eigenvalue weighted by atomic mass is 10.1. The number of nitrogens with zero attached hydrogens (tertiary/aromatic N) is 1. The molecule has 0 saturated heterocycles. The molecule has 3 rings (SSSR count). The fraction of sp³-hybridized carbons (Fsp3) is 0.476. The summed E-state index contributed by atoms with van der Waals surface area (Å²) in [4.78, 5) is 12.7. The third kappa shape index (κ3) is 3.58. The van der Waals surface area contributed by atoms with Crippen molar-refractivity contribution in [2.24, 2.45) is 0 Å². The Kier molecular flexibility index (Phi) is 5.16. The molecule has 1 heterocycles. The van der Waals surface area contributed by atoms with Crippen LogP contribution in [0.1, 0.15) is 59.0 Å². The Balaban J connectivity index is 1.75. The smallest absolute Gasteiger partial charge is 0.202 e. The molecular formula is C21H27NO3. The van der Waals surface area contributed by atoms with Crippen LogP contribution in [0.15, 0.2) is 24.3 Å². The number of ketones is 1. The number of aryl methyl sites for hydroxylation is 2. The molecule has 1 aliphatic rings. The standard InChI is InChI=1S/C21H27NO3/c1-14-9-10-20(21(11-14)24-4)25-13-19(23)18-12-15(2)22(16(18)3)17-7-5-6-8-17/h9-12,17H,5-8,13H2,1-4H3. The molecule has 25 heavy (non-hydrogen) atoms. The van der Waals surface area contributed by atoms with E-state index in [1.807, 2.05) is 38.1 Å². The van der Waals surface area contributed by atoms with Crippen molar-refractivity contribution in [1.29, 1.82) is 0 Å². The second kappa shape index (κ2) is 7.34. The summed E-state index contributed by atoms with van der Waals surface area (Å²) in [6.07, 6.45) is 4.98. The Morgan fingerprint density at radius 2 is 1.84 bits per heavy atom. The molecule has 0 amide bonds. The highest BCUT2D eigenvalue weighted by Gasteiger charge is 2.23. The van der Waals surface area contributed by atoms with Crippen molar-refractivity contribution in [3.8, 4) is 11.5 Å². The van der Waals surface area contributed by atoms with Crippen LogP contribution in [0.3, 0.4) is 0 Å². The van der Waals surface area contributed by atoms with Gasteiger partial charge in [0, 0.05) is 23.0 Å². The number of aromatic nitrogens is 1. The zero-order valence-corrected chi connectivity index (χ0v) is 15.6. The van der Waals surface area contributed by atoms with E-state index in [1.165, 1.54) is 31.4 Å². The molecule has 4 nitrogen and oxygen atoms in total. The predicted octanol–water partition coefficient (Wildman–Crippen LogP) is 4.80. The number of methoxy groups -OCH3 is 1. The zero-order chi connectivity index (χ0) is 18.0. The van der Waals surface area contributed by atoms with Crippen LogP contribution in [0.2, 0.25) is 0 Å². The normalized spacial score (nSPS) is 14.7. The van der Waals surface area contributed by atoms with Gasteiger partial charge in [-0.1, -0.05) is 18.9 Å². The quantitative estimate of drug-likeness (QED) is 0.709. The summed E-state index contributed by atoms with van der Waals surface area (Å²) in [5.41, 5.74) is 4.10. The summed E-state index contributed by atoms with van der Waals surface area (Å²) < 4.78 is 13.4. The van der Waals surface area contributed by atoms with E-state index in [0.717, 1.165) is 16.8 Å². The van der Waals surface area contributed by atoms with Gasteiger partial charge in [-0.05, 0) is 57.4 Å². The molecule has 0 aliphatic heterocycles. The van der Waals surface area contributed by atoms with Crippen molar-refractivity contribution in [2.45, 2.75) is 52.5 Å². The first-order chi connectivity index (χ1) is 12.0. The number of carbonyl (C=O) groups excluding carboxylic acids is 1. The Bertz CT molecular complexity index is 770. The van der Waals surface area contributed by atoms with Gasteiger partial charge in [-0.3, -0.25) is 4.79 Å². The molecule has 1 saturated carbocycles. The Morgan fingerprint density at radius 3 is 2.52 bits per heavy atom. The minimum Gasteiger partial charge on any atom is -0.493 e. The molecule has 4 heteroatoms. The van der Waals surface area contributed by atoms with Gasteiger partial charge >= 0.3 is 0 Å². The molecular weight excluding hydrogens is 314 g/mol.